The van der Waals surface area contributed by atoms with Gasteiger partial charge in [0.15, 0.2) is 0 Å². The molecule has 1 aliphatic carbocycles. The third-order valence-electron chi connectivity index (χ3n) is 4.40. The van der Waals surface area contributed by atoms with Gasteiger partial charge in [0.05, 0.1) is 30.1 Å². The van der Waals surface area contributed by atoms with E-state index in [-0.39, 0.29) is 12.5 Å². The Labute approximate surface area is 125 Å². The highest BCUT2D eigenvalue weighted by Gasteiger charge is 2.42. The van der Waals surface area contributed by atoms with Crippen LogP contribution in [0, 0.1) is 11.8 Å². The van der Waals surface area contributed by atoms with Gasteiger partial charge in [-0.05, 0) is 26.7 Å². The molecule has 1 amide bonds. The maximum Gasteiger partial charge on any atom is 0.307 e. The van der Waals surface area contributed by atoms with E-state index in [9.17, 15) is 19.8 Å². The van der Waals surface area contributed by atoms with Crippen molar-refractivity contribution in [1.82, 2.24) is 4.90 Å². The Morgan fingerprint density at radius 2 is 1.86 bits per heavy atom. The highest BCUT2D eigenvalue weighted by atomic mass is 16.5. The molecule has 2 fully saturated rings. The molecule has 6 nitrogen and oxygen atoms in total. The first-order valence-electron chi connectivity index (χ1n) is 7.64. The summed E-state index contributed by atoms with van der Waals surface area (Å²) >= 11 is 0. The predicted octanol–water partition coefficient (Wildman–Crippen LogP) is 0.876. The van der Waals surface area contributed by atoms with Crippen LogP contribution in [0.5, 0.6) is 0 Å². The van der Waals surface area contributed by atoms with Crippen LogP contribution in [0.4, 0.5) is 0 Å². The van der Waals surface area contributed by atoms with Crippen molar-refractivity contribution in [3.63, 3.8) is 0 Å². The van der Waals surface area contributed by atoms with E-state index in [4.69, 9.17) is 4.74 Å². The van der Waals surface area contributed by atoms with E-state index < -0.39 is 29.5 Å². The van der Waals surface area contributed by atoms with E-state index in [0.29, 0.717) is 25.9 Å². The van der Waals surface area contributed by atoms with E-state index in [1.807, 2.05) is 13.8 Å². The van der Waals surface area contributed by atoms with Gasteiger partial charge in [-0.25, -0.2) is 0 Å². The van der Waals surface area contributed by atoms with Gasteiger partial charge in [0.2, 0.25) is 5.91 Å². The van der Waals surface area contributed by atoms with Gasteiger partial charge in [-0.1, -0.05) is 12.8 Å². The number of rotatable bonds is 3. The topological polar surface area (TPSA) is 87.1 Å². The maximum atomic E-state index is 12.7. The third kappa shape index (κ3) is 3.74. The lowest BCUT2D eigenvalue weighted by Gasteiger charge is -2.44. The molecule has 0 spiro atoms. The molecule has 0 bridgehead atoms. The van der Waals surface area contributed by atoms with E-state index in [1.54, 1.807) is 4.90 Å². The lowest BCUT2D eigenvalue weighted by molar-refractivity contribution is -0.173. The number of hydrogen-bond donors (Lipinski definition) is 2. The summed E-state index contributed by atoms with van der Waals surface area (Å²) in [5.41, 5.74) is -0.519. The zero-order valence-electron chi connectivity index (χ0n) is 12.7. The Bertz CT molecular complexity index is 409. The van der Waals surface area contributed by atoms with E-state index in [2.05, 4.69) is 0 Å². The lowest BCUT2D eigenvalue weighted by atomic mass is 9.78. The second-order valence-corrected chi connectivity index (χ2v) is 6.74. The first kappa shape index (κ1) is 16.2. The molecular formula is C15H25NO5. The zero-order chi connectivity index (χ0) is 15.6. The number of ether oxygens (including phenoxy) is 1. The molecule has 0 aromatic heterocycles. The fourth-order valence-corrected chi connectivity index (χ4v) is 3.52. The lowest BCUT2D eigenvalue weighted by Crippen LogP contribution is -2.57. The molecule has 0 radical (unpaired) electrons. The van der Waals surface area contributed by atoms with Crippen molar-refractivity contribution in [1.29, 1.82) is 0 Å². The van der Waals surface area contributed by atoms with Crippen LogP contribution in [0.15, 0.2) is 0 Å². The molecule has 1 saturated heterocycles. The second kappa shape index (κ2) is 6.32. The van der Waals surface area contributed by atoms with Crippen molar-refractivity contribution in [2.75, 3.05) is 19.7 Å². The van der Waals surface area contributed by atoms with Crippen molar-refractivity contribution in [3.05, 3.63) is 0 Å². The van der Waals surface area contributed by atoms with Crippen molar-refractivity contribution in [2.24, 2.45) is 11.8 Å². The Kier molecular flexibility index (Phi) is 4.88. The standard InChI is InChI=1S/C15H25NO5/c1-15(2)9-16(7-10(8-17)21-15)13(18)11-5-3-4-6-12(11)14(19)20/h10-12,17H,3-9H2,1-2H3,(H,19,20). The van der Waals surface area contributed by atoms with Gasteiger partial charge < -0.3 is 19.8 Å². The average molecular weight is 299 g/mol. The van der Waals surface area contributed by atoms with Crippen molar-refractivity contribution in [2.45, 2.75) is 51.2 Å². The summed E-state index contributed by atoms with van der Waals surface area (Å²) in [6, 6.07) is 0. The number of nitrogens with zero attached hydrogens (tertiary/aromatic N) is 1. The SMILES string of the molecule is CC1(C)CN(C(=O)C2CCCCC2C(=O)O)CC(CO)O1. The number of aliphatic hydroxyl groups excluding tert-OH is 1. The van der Waals surface area contributed by atoms with Crippen LogP contribution in [0.3, 0.4) is 0 Å². The summed E-state index contributed by atoms with van der Waals surface area (Å²) in [5, 5.41) is 18.6. The van der Waals surface area contributed by atoms with Gasteiger partial charge in [-0.2, -0.15) is 0 Å². The molecule has 2 N–H and O–H groups in total. The van der Waals surface area contributed by atoms with Gasteiger partial charge in [0.25, 0.3) is 0 Å². The average Bonchev–Trinajstić information content (AvgIpc) is 2.44. The first-order valence-corrected chi connectivity index (χ1v) is 7.64. The number of aliphatic hydroxyl groups is 1. The molecule has 120 valence electrons. The minimum absolute atomic E-state index is 0.100. The van der Waals surface area contributed by atoms with Gasteiger partial charge in [-0.15, -0.1) is 0 Å². The van der Waals surface area contributed by atoms with E-state index in [0.717, 1.165) is 12.8 Å². The molecule has 6 heteroatoms. The molecule has 1 saturated carbocycles. The summed E-state index contributed by atoms with van der Waals surface area (Å²) in [7, 11) is 0. The fourth-order valence-electron chi connectivity index (χ4n) is 3.52. The monoisotopic (exact) mass is 299 g/mol. The van der Waals surface area contributed by atoms with E-state index in [1.165, 1.54) is 0 Å². The highest BCUT2D eigenvalue weighted by Crippen LogP contribution is 2.33. The Morgan fingerprint density at radius 3 is 2.43 bits per heavy atom. The summed E-state index contributed by atoms with van der Waals surface area (Å²) in [6.45, 7) is 4.39. The van der Waals surface area contributed by atoms with E-state index >= 15 is 0 Å². The summed E-state index contributed by atoms with van der Waals surface area (Å²) < 4.78 is 5.70. The van der Waals surface area contributed by atoms with Crippen LogP contribution in [-0.2, 0) is 14.3 Å². The minimum Gasteiger partial charge on any atom is -0.481 e. The summed E-state index contributed by atoms with van der Waals surface area (Å²) in [4.78, 5) is 25.8. The van der Waals surface area contributed by atoms with Gasteiger partial charge in [0.1, 0.15) is 0 Å². The molecule has 21 heavy (non-hydrogen) atoms. The summed E-state index contributed by atoms with van der Waals surface area (Å²) in [5.74, 6) is -1.99. The number of amides is 1. The van der Waals surface area contributed by atoms with Crippen LogP contribution in [0.25, 0.3) is 0 Å². The summed E-state index contributed by atoms with van der Waals surface area (Å²) in [6.07, 6.45) is 2.58. The minimum atomic E-state index is -0.876. The van der Waals surface area contributed by atoms with Crippen molar-refractivity contribution >= 4 is 11.9 Å². The molecule has 2 rings (SSSR count). The van der Waals surface area contributed by atoms with Gasteiger partial charge in [-0.3, -0.25) is 9.59 Å². The molecule has 0 aromatic rings. The number of carbonyl (C=O) groups is 2. The number of aliphatic carboxylic acids is 1. The van der Waals surface area contributed by atoms with Crippen molar-refractivity contribution in [3.8, 4) is 0 Å². The number of carbonyl (C=O) groups excluding carboxylic acids is 1. The molecule has 1 aliphatic heterocycles. The van der Waals surface area contributed by atoms with Crippen LogP contribution in [0.2, 0.25) is 0 Å². The maximum absolute atomic E-state index is 12.7. The highest BCUT2D eigenvalue weighted by molar-refractivity contribution is 5.85. The van der Waals surface area contributed by atoms with Crippen LogP contribution in [0.1, 0.15) is 39.5 Å². The number of hydrogen-bond acceptors (Lipinski definition) is 4. The quantitative estimate of drug-likeness (QED) is 0.807. The Morgan fingerprint density at radius 1 is 1.24 bits per heavy atom. The predicted molar refractivity (Wildman–Crippen MR) is 75.7 cm³/mol. The molecule has 3 atom stereocenters. The molecular weight excluding hydrogens is 274 g/mol. The molecule has 3 unspecified atom stereocenters. The van der Waals surface area contributed by atoms with Crippen LogP contribution >= 0.6 is 0 Å². The van der Waals surface area contributed by atoms with Gasteiger partial charge in [0, 0.05) is 13.1 Å². The Balaban J connectivity index is 2.11. The van der Waals surface area contributed by atoms with Crippen LogP contribution in [-0.4, -0.2) is 58.4 Å². The smallest absolute Gasteiger partial charge is 0.307 e. The zero-order valence-corrected chi connectivity index (χ0v) is 12.7. The largest absolute Gasteiger partial charge is 0.481 e. The molecule has 0 aromatic carbocycles. The first-order chi connectivity index (χ1) is 9.84. The third-order valence-corrected chi connectivity index (χ3v) is 4.40. The fraction of sp³-hybridized carbons (Fsp3) is 0.867. The van der Waals surface area contributed by atoms with Crippen LogP contribution < -0.4 is 0 Å². The number of morpholine rings is 1. The number of carboxylic acid groups (broad SMARTS) is 1. The molecule has 2 aliphatic rings. The molecule has 1 heterocycles. The van der Waals surface area contributed by atoms with Gasteiger partial charge >= 0.3 is 5.97 Å². The normalized spacial score (nSPS) is 32.7. The number of carboxylic acids is 1. The van der Waals surface area contributed by atoms with Crippen molar-refractivity contribution < 1.29 is 24.5 Å². The Hall–Kier alpha value is -1.14. The second-order valence-electron chi connectivity index (χ2n) is 6.74.